The van der Waals surface area contributed by atoms with Crippen molar-refractivity contribution in [3.8, 4) is 17.5 Å². The number of fused-ring (bicyclic) bond motifs is 3. The molecule has 128 valence electrons. The molecule has 0 radical (unpaired) electrons. The summed E-state index contributed by atoms with van der Waals surface area (Å²) in [6.45, 7) is 0. The van der Waals surface area contributed by atoms with E-state index in [9.17, 15) is 0 Å². The highest BCUT2D eigenvalue weighted by atomic mass is 32.1. The lowest BCUT2D eigenvalue weighted by Crippen LogP contribution is -1.96. The van der Waals surface area contributed by atoms with Crippen LogP contribution in [0.2, 0.25) is 0 Å². The number of para-hydroxylation sites is 1. The maximum absolute atomic E-state index is 9.14. The van der Waals surface area contributed by atoms with Crippen molar-refractivity contribution in [2.45, 2.75) is 0 Å². The zero-order valence-corrected chi connectivity index (χ0v) is 14.8. The number of nitrogens with zero attached hydrogens (tertiary/aromatic N) is 4. The van der Waals surface area contributed by atoms with Crippen LogP contribution in [0.3, 0.4) is 0 Å². The van der Waals surface area contributed by atoms with Gasteiger partial charge >= 0.3 is 0 Å². The predicted molar refractivity (Wildman–Crippen MR) is 107 cm³/mol. The summed E-state index contributed by atoms with van der Waals surface area (Å²) in [6, 6.07) is 17.6. The Morgan fingerprint density at radius 2 is 2.00 bits per heavy atom. The number of nitriles is 1. The largest absolute Gasteiger partial charge is 0.340 e. The van der Waals surface area contributed by atoms with E-state index in [1.165, 1.54) is 0 Å². The highest BCUT2D eigenvalue weighted by Gasteiger charge is 2.14. The van der Waals surface area contributed by atoms with E-state index in [2.05, 4.69) is 44.1 Å². The van der Waals surface area contributed by atoms with Crippen molar-refractivity contribution in [1.29, 1.82) is 5.26 Å². The van der Waals surface area contributed by atoms with Crippen molar-refractivity contribution in [2.24, 2.45) is 0 Å². The van der Waals surface area contributed by atoms with Gasteiger partial charge in [0.25, 0.3) is 0 Å². The fourth-order valence-corrected chi connectivity index (χ4v) is 4.07. The standard InChI is InChI=1S/C20H12N6S/c21-10-12-3-1-4-13(9-12)24-20-16-7-8-27-18(16)14-5-2-6-15(17(14)25-20)19-22-11-23-26-19/h1-9,11H,(H,24,25)(H,22,23,26). The van der Waals surface area contributed by atoms with E-state index >= 15 is 0 Å². The lowest BCUT2D eigenvalue weighted by Gasteiger charge is -2.11. The molecule has 3 heterocycles. The zero-order chi connectivity index (χ0) is 18.2. The van der Waals surface area contributed by atoms with Crippen LogP contribution in [0.25, 0.3) is 32.4 Å². The van der Waals surface area contributed by atoms with Gasteiger partial charge < -0.3 is 10.3 Å². The third-order valence-corrected chi connectivity index (χ3v) is 5.30. The number of rotatable bonds is 3. The molecule has 0 amide bonds. The molecule has 0 aliphatic rings. The quantitative estimate of drug-likeness (QED) is 0.475. The van der Waals surface area contributed by atoms with Gasteiger partial charge in [0.1, 0.15) is 12.1 Å². The predicted octanol–water partition coefficient (Wildman–Crippen LogP) is 4.85. The summed E-state index contributed by atoms with van der Waals surface area (Å²) in [4.78, 5) is 7.96. The molecule has 27 heavy (non-hydrogen) atoms. The molecular weight excluding hydrogens is 356 g/mol. The Kier molecular flexibility index (Phi) is 3.56. The second kappa shape index (κ2) is 6.20. The first-order valence-corrected chi connectivity index (χ1v) is 9.15. The van der Waals surface area contributed by atoms with E-state index in [-0.39, 0.29) is 0 Å². The Morgan fingerprint density at radius 1 is 1.07 bits per heavy atom. The number of aromatic nitrogens is 4. The van der Waals surface area contributed by atoms with E-state index in [1.54, 1.807) is 23.7 Å². The number of H-pyrrole nitrogens is 1. The molecule has 0 spiro atoms. The van der Waals surface area contributed by atoms with E-state index in [1.807, 2.05) is 30.3 Å². The molecular formula is C20H12N6S. The summed E-state index contributed by atoms with van der Waals surface area (Å²) in [5, 5.41) is 24.7. The number of pyridine rings is 1. The molecule has 2 N–H and O–H groups in total. The maximum Gasteiger partial charge on any atom is 0.163 e. The molecule has 0 saturated heterocycles. The fraction of sp³-hybridized carbons (Fsp3) is 0. The first-order valence-electron chi connectivity index (χ1n) is 8.27. The van der Waals surface area contributed by atoms with Crippen molar-refractivity contribution < 1.29 is 0 Å². The first-order chi connectivity index (χ1) is 13.3. The molecule has 5 aromatic rings. The number of thiophene rings is 1. The molecule has 0 aliphatic heterocycles. The number of benzene rings is 2. The van der Waals surface area contributed by atoms with Gasteiger partial charge in [-0.1, -0.05) is 18.2 Å². The summed E-state index contributed by atoms with van der Waals surface area (Å²) in [6.07, 6.45) is 1.56. The monoisotopic (exact) mass is 368 g/mol. The van der Waals surface area contributed by atoms with Crippen molar-refractivity contribution in [3.63, 3.8) is 0 Å². The van der Waals surface area contributed by atoms with Crippen LogP contribution in [0, 0.1) is 11.3 Å². The van der Waals surface area contributed by atoms with Gasteiger partial charge in [-0.05, 0) is 35.7 Å². The number of hydrogen-bond acceptors (Lipinski definition) is 6. The van der Waals surface area contributed by atoms with Gasteiger partial charge in [0.2, 0.25) is 0 Å². The highest BCUT2D eigenvalue weighted by molar-refractivity contribution is 7.18. The molecule has 2 aromatic carbocycles. The van der Waals surface area contributed by atoms with Crippen LogP contribution >= 0.6 is 11.3 Å². The summed E-state index contributed by atoms with van der Waals surface area (Å²) < 4.78 is 1.15. The van der Waals surface area contributed by atoms with E-state index in [0.717, 1.165) is 38.1 Å². The Hall–Kier alpha value is -3.76. The van der Waals surface area contributed by atoms with Crippen molar-refractivity contribution in [1.82, 2.24) is 20.2 Å². The Balaban J connectivity index is 1.75. The Morgan fingerprint density at radius 3 is 2.85 bits per heavy atom. The van der Waals surface area contributed by atoms with Crippen LogP contribution < -0.4 is 5.32 Å². The molecule has 6 nitrogen and oxygen atoms in total. The van der Waals surface area contributed by atoms with Gasteiger partial charge in [-0.3, -0.25) is 0 Å². The third-order valence-electron chi connectivity index (χ3n) is 4.35. The van der Waals surface area contributed by atoms with E-state index < -0.39 is 0 Å². The number of nitrogens with one attached hydrogen (secondary N) is 2. The van der Waals surface area contributed by atoms with Crippen LogP contribution in [0.1, 0.15) is 5.56 Å². The van der Waals surface area contributed by atoms with Gasteiger partial charge in [0, 0.05) is 26.7 Å². The average molecular weight is 368 g/mol. The SMILES string of the molecule is N#Cc1cccc(Nc2nc3c(-c4nnc[nH]4)cccc3c3sccc23)c1. The summed E-state index contributed by atoms with van der Waals surface area (Å²) in [5.41, 5.74) is 3.17. The second-order valence-corrected chi connectivity index (χ2v) is 6.90. The summed E-state index contributed by atoms with van der Waals surface area (Å²) in [7, 11) is 0. The minimum absolute atomic E-state index is 0.602. The average Bonchev–Trinajstić information content (AvgIpc) is 3.40. The summed E-state index contributed by atoms with van der Waals surface area (Å²) >= 11 is 1.68. The lowest BCUT2D eigenvalue weighted by molar-refractivity contribution is 1.10. The molecule has 0 atom stereocenters. The molecule has 0 aliphatic carbocycles. The molecule has 0 fully saturated rings. The molecule has 5 rings (SSSR count). The van der Waals surface area contributed by atoms with E-state index in [0.29, 0.717) is 11.4 Å². The Bertz CT molecular complexity index is 1310. The molecule has 0 bridgehead atoms. The minimum atomic E-state index is 0.602. The van der Waals surface area contributed by atoms with Crippen LogP contribution in [0.4, 0.5) is 11.5 Å². The minimum Gasteiger partial charge on any atom is -0.340 e. The molecule has 7 heteroatoms. The van der Waals surface area contributed by atoms with Gasteiger partial charge in [0.05, 0.1) is 17.1 Å². The first kappa shape index (κ1) is 15.5. The van der Waals surface area contributed by atoms with Crippen LogP contribution in [-0.4, -0.2) is 20.2 Å². The van der Waals surface area contributed by atoms with Gasteiger partial charge in [-0.2, -0.15) is 5.26 Å². The molecule has 0 unspecified atom stereocenters. The van der Waals surface area contributed by atoms with E-state index in [4.69, 9.17) is 10.2 Å². The molecule has 3 aromatic heterocycles. The lowest BCUT2D eigenvalue weighted by atomic mass is 10.1. The number of anilines is 2. The van der Waals surface area contributed by atoms with Gasteiger partial charge in [0.15, 0.2) is 5.82 Å². The van der Waals surface area contributed by atoms with Gasteiger partial charge in [-0.25, -0.2) is 4.98 Å². The Labute approximate surface area is 158 Å². The topological polar surface area (TPSA) is 90.3 Å². The second-order valence-electron chi connectivity index (χ2n) is 5.98. The van der Waals surface area contributed by atoms with Crippen molar-refractivity contribution >= 4 is 43.8 Å². The zero-order valence-electron chi connectivity index (χ0n) is 14.0. The number of aromatic amines is 1. The van der Waals surface area contributed by atoms with Gasteiger partial charge in [-0.15, -0.1) is 21.5 Å². The summed E-state index contributed by atoms with van der Waals surface area (Å²) in [5.74, 6) is 1.43. The normalized spacial score (nSPS) is 10.9. The fourth-order valence-electron chi connectivity index (χ4n) is 3.15. The highest BCUT2D eigenvalue weighted by Crippen LogP contribution is 2.37. The van der Waals surface area contributed by atoms with Crippen LogP contribution in [-0.2, 0) is 0 Å². The number of hydrogen-bond donors (Lipinski definition) is 2. The van der Waals surface area contributed by atoms with Crippen LogP contribution in [0.5, 0.6) is 0 Å². The molecule has 0 saturated carbocycles. The smallest absolute Gasteiger partial charge is 0.163 e. The van der Waals surface area contributed by atoms with Crippen molar-refractivity contribution in [2.75, 3.05) is 5.32 Å². The van der Waals surface area contributed by atoms with Crippen molar-refractivity contribution in [3.05, 3.63) is 65.8 Å². The third kappa shape index (κ3) is 2.60. The van der Waals surface area contributed by atoms with Crippen LogP contribution in [0.15, 0.2) is 60.2 Å². The maximum atomic E-state index is 9.14.